The van der Waals surface area contributed by atoms with Crippen LogP contribution in [0.5, 0.6) is 0 Å². The molecule has 0 atom stereocenters. The molecule has 0 bridgehead atoms. The highest BCUT2D eigenvalue weighted by Crippen LogP contribution is 2.33. The lowest BCUT2D eigenvalue weighted by molar-refractivity contribution is -0.131. The molecule has 0 saturated carbocycles. The molecule has 2 aromatic rings. The fourth-order valence-corrected chi connectivity index (χ4v) is 2.81. The van der Waals surface area contributed by atoms with E-state index in [0.717, 1.165) is 41.5 Å². The van der Waals surface area contributed by atoms with Crippen molar-refractivity contribution in [2.45, 2.75) is 19.3 Å². The lowest BCUT2D eigenvalue weighted by Gasteiger charge is -2.19. The van der Waals surface area contributed by atoms with Gasteiger partial charge in [0.15, 0.2) is 0 Å². The number of fused-ring (bicyclic) bond motifs is 1. The molecule has 0 radical (unpaired) electrons. The number of aryl methyl sites for hydroxylation is 1. The number of hydrogen-bond acceptors (Lipinski definition) is 1. The van der Waals surface area contributed by atoms with Crippen molar-refractivity contribution in [1.82, 2.24) is 0 Å². The van der Waals surface area contributed by atoms with E-state index in [2.05, 4.69) is 30.3 Å². The highest BCUT2D eigenvalue weighted by Gasteiger charge is 2.15. The van der Waals surface area contributed by atoms with E-state index in [1.165, 1.54) is 11.6 Å². The first kappa shape index (κ1) is 12.7. The third-order valence-electron chi connectivity index (χ3n) is 3.75. The molecule has 0 fully saturated rings. The number of benzene rings is 2. The molecule has 0 saturated heterocycles. The lowest BCUT2D eigenvalue weighted by Crippen LogP contribution is -2.04. The Balaban J connectivity index is 2.09. The molecular weight excluding hydrogens is 248 g/mol. The summed E-state index contributed by atoms with van der Waals surface area (Å²) in [6.07, 6.45) is 4.25. The highest BCUT2D eigenvalue weighted by atomic mass is 16.4. The maximum Gasteiger partial charge on any atom is 0.328 e. The molecule has 0 aliphatic heterocycles. The lowest BCUT2D eigenvalue weighted by atomic mass is 9.85. The number of carboxylic acid groups (broad SMARTS) is 1. The quantitative estimate of drug-likeness (QED) is 0.827. The summed E-state index contributed by atoms with van der Waals surface area (Å²) in [5.74, 6) is -0.863. The minimum absolute atomic E-state index is 0.845. The van der Waals surface area contributed by atoms with E-state index < -0.39 is 5.97 Å². The van der Waals surface area contributed by atoms with Crippen LogP contribution in [0.3, 0.4) is 0 Å². The van der Waals surface area contributed by atoms with E-state index in [0.29, 0.717) is 0 Å². The Bertz CT molecular complexity index is 669. The third-order valence-corrected chi connectivity index (χ3v) is 3.75. The summed E-state index contributed by atoms with van der Waals surface area (Å²) < 4.78 is 0. The molecule has 2 aromatic carbocycles. The van der Waals surface area contributed by atoms with Crippen molar-refractivity contribution in [3.8, 4) is 11.1 Å². The van der Waals surface area contributed by atoms with Gasteiger partial charge >= 0.3 is 5.97 Å². The summed E-state index contributed by atoms with van der Waals surface area (Å²) in [6, 6.07) is 16.6. The van der Waals surface area contributed by atoms with Crippen molar-refractivity contribution in [2.75, 3.05) is 0 Å². The van der Waals surface area contributed by atoms with Crippen LogP contribution in [-0.2, 0) is 11.2 Å². The molecule has 0 unspecified atom stereocenters. The Hall–Kier alpha value is -2.35. The highest BCUT2D eigenvalue weighted by molar-refractivity contribution is 5.91. The molecule has 1 N–H and O–H groups in total. The predicted octanol–water partition coefficient (Wildman–Crippen LogP) is 4.16. The maximum absolute atomic E-state index is 11.0. The second-order valence-electron chi connectivity index (χ2n) is 5.10. The average molecular weight is 264 g/mol. The van der Waals surface area contributed by atoms with Crippen LogP contribution in [0.25, 0.3) is 16.7 Å². The van der Waals surface area contributed by atoms with Crippen LogP contribution < -0.4 is 0 Å². The minimum atomic E-state index is -0.863. The number of carbonyl (C=O) groups is 1. The summed E-state index contributed by atoms with van der Waals surface area (Å²) >= 11 is 0. The number of aliphatic carboxylic acids is 1. The van der Waals surface area contributed by atoms with Gasteiger partial charge in [0.1, 0.15) is 0 Å². The van der Waals surface area contributed by atoms with Gasteiger partial charge in [0, 0.05) is 6.08 Å². The van der Waals surface area contributed by atoms with Gasteiger partial charge in [0.25, 0.3) is 0 Å². The molecule has 0 amide bonds. The first-order valence-electron chi connectivity index (χ1n) is 6.86. The Labute approximate surface area is 118 Å². The summed E-state index contributed by atoms with van der Waals surface area (Å²) in [4.78, 5) is 11.0. The van der Waals surface area contributed by atoms with E-state index in [-0.39, 0.29) is 0 Å². The molecule has 3 rings (SSSR count). The van der Waals surface area contributed by atoms with E-state index >= 15 is 0 Å². The van der Waals surface area contributed by atoms with Gasteiger partial charge in [-0.05, 0) is 53.2 Å². The topological polar surface area (TPSA) is 37.3 Å². The summed E-state index contributed by atoms with van der Waals surface area (Å²) in [7, 11) is 0. The van der Waals surface area contributed by atoms with E-state index in [1.54, 1.807) is 0 Å². The van der Waals surface area contributed by atoms with Gasteiger partial charge in [0.2, 0.25) is 0 Å². The molecule has 0 spiro atoms. The SMILES string of the molecule is O=C(O)/C=C1\CCCc2ccc(-c3ccccc3)cc21. The molecular formula is C18H16O2. The van der Waals surface area contributed by atoms with Crippen LogP contribution in [-0.4, -0.2) is 11.1 Å². The van der Waals surface area contributed by atoms with Crippen LogP contribution in [0.2, 0.25) is 0 Å². The Morgan fingerprint density at radius 1 is 1.00 bits per heavy atom. The van der Waals surface area contributed by atoms with Crippen molar-refractivity contribution >= 4 is 11.5 Å². The van der Waals surface area contributed by atoms with Gasteiger partial charge in [-0.15, -0.1) is 0 Å². The van der Waals surface area contributed by atoms with E-state index in [1.807, 2.05) is 18.2 Å². The third kappa shape index (κ3) is 2.50. The zero-order valence-corrected chi connectivity index (χ0v) is 11.2. The van der Waals surface area contributed by atoms with E-state index in [9.17, 15) is 4.79 Å². The average Bonchev–Trinajstić information content (AvgIpc) is 2.47. The van der Waals surface area contributed by atoms with Crippen molar-refractivity contribution in [3.05, 3.63) is 65.7 Å². The first-order valence-corrected chi connectivity index (χ1v) is 6.86. The largest absolute Gasteiger partial charge is 0.478 e. The summed E-state index contributed by atoms with van der Waals surface area (Å²) in [6.45, 7) is 0. The molecule has 1 aliphatic rings. The van der Waals surface area contributed by atoms with Gasteiger partial charge in [0.05, 0.1) is 0 Å². The van der Waals surface area contributed by atoms with Gasteiger partial charge in [-0.25, -0.2) is 4.79 Å². The Morgan fingerprint density at radius 2 is 1.80 bits per heavy atom. The molecule has 2 nitrogen and oxygen atoms in total. The summed E-state index contributed by atoms with van der Waals surface area (Å²) in [5.41, 5.74) is 5.60. The van der Waals surface area contributed by atoms with Crippen LogP contribution in [0.4, 0.5) is 0 Å². The fraction of sp³-hybridized carbons (Fsp3) is 0.167. The van der Waals surface area contributed by atoms with Crippen molar-refractivity contribution in [1.29, 1.82) is 0 Å². The van der Waals surface area contributed by atoms with Gasteiger partial charge < -0.3 is 5.11 Å². The standard InChI is InChI=1S/C18H16O2/c19-18(20)12-16-8-4-7-14-9-10-15(11-17(14)16)13-5-2-1-3-6-13/h1-3,5-6,9-12H,4,7-8H2,(H,19,20)/b16-12+. The van der Waals surface area contributed by atoms with Crippen LogP contribution in [0.15, 0.2) is 54.6 Å². The van der Waals surface area contributed by atoms with Crippen molar-refractivity contribution in [2.24, 2.45) is 0 Å². The smallest absolute Gasteiger partial charge is 0.328 e. The number of hydrogen-bond donors (Lipinski definition) is 1. The van der Waals surface area contributed by atoms with Gasteiger partial charge in [-0.3, -0.25) is 0 Å². The second kappa shape index (κ2) is 5.33. The molecule has 0 heterocycles. The Morgan fingerprint density at radius 3 is 2.55 bits per heavy atom. The van der Waals surface area contributed by atoms with Crippen molar-refractivity contribution < 1.29 is 9.90 Å². The van der Waals surface area contributed by atoms with Crippen LogP contribution >= 0.6 is 0 Å². The zero-order valence-electron chi connectivity index (χ0n) is 11.2. The normalized spacial score (nSPS) is 15.9. The monoisotopic (exact) mass is 264 g/mol. The van der Waals surface area contributed by atoms with Gasteiger partial charge in [-0.1, -0.05) is 42.5 Å². The molecule has 2 heteroatoms. The molecule has 100 valence electrons. The summed E-state index contributed by atoms with van der Waals surface area (Å²) in [5, 5.41) is 9.00. The molecule has 1 aliphatic carbocycles. The van der Waals surface area contributed by atoms with E-state index in [4.69, 9.17) is 5.11 Å². The van der Waals surface area contributed by atoms with Gasteiger partial charge in [-0.2, -0.15) is 0 Å². The second-order valence-corrected chi connectivity index (χ2v) is 5.10. The molecule has 0 aromatic heterocycles. The zero-order chi connectivity index (χ0) is 13.9. The van der Waals surface area contributed by atoms with Crippen LogP contribution in [0, 0.1) is 0 Å². The Kier molecular flexibility index (Phi) is 3.38. The number of rotatable bonds is 2. The number of allylic oxidation sites excluding steroid dienone is 1. The molecule has 20 heavy (non-hydrogen) atoms. The van der Waals surface area contributed by atoms with Crippen LogP contribution in [0.1, 0.15) is 24.0 Å². The minimum Gasteiger partial charge on any atom is -0.478 e. The maximum atomic E-state index is 11.0. The number of carboxylic acids is 1. The first-order chi connectivity index (χ1) is 9.74. The van der Waals surface area contributed by atoms with Crippen molar-refractivity contribution in [3.63, 3.8) is 0 Å². The fourth-order valence-electron chi connectivity index (χ4n) is 2.81. The predicted molar refractivity (Wildman–Crippen MR) is 80.4 cm³/mol.